The average Bonchev–Trinajstić information content (AvgIpc) is 2.18. The topological polar surface area (TPSA) is 63.4 Å². The number of aliphatic hydroxyl groups is 1. The second-order valence-corrected chi connectivity index (χ2v) is 3.19. The van der Waals surface area contributed by atoms with Gasteiger partial charge in [-0.25, -0.2) is 0 Å². The Bertz CT molecular complexity index is 395. The molecule has 0 aromatic heterocycles. The number of nitro groups is 1. The van der Waals surface area contributed by atoms with E-state index in [1.807, 2.05) is 0 Å². The van der Waals surface area contributed by atoms with Crippen molar-refractivity contribution in [2.45, 2.75) is 18.9 Å². The van der Waals surface area contributed by atoms with Gasteiger partial charge < -0.3 is 5.11 Å². The van der Waals surface area contributed by atoms with Crippen LogP contribution in [0.1, 0.15) is 12.0 Å². The van der Waals surface area contributed by atoms with Gasteiger partial charge >= 0.3 is 0 Å². The number of terminal acetylenes is 1. The fraction of sp³-hybridized carbons (Fsp3) is 0.273. The molecule has 1 N–H and O–H groups in total. The van der Waals surface area contributed by atoms with Gasteiger partial charge in [-0.15, -0.1) is 12.3 Å². The molecule has 0 saturated carbocycles. The van der Waals surface area contributed by atoms with Gasteiger partial charge in [0.25, 0.3) is 5.69 Å². The number of benzene rings is 1. The Hall–Kier alpha value is -1.86. The van der Waals surface area contributed by atoms with E-state index in [4.69, 9.17) is 6.42 Å². The number of hydrogen-bond acceptors (Lipinski definition) is 3. The second-order valence-electron chi connectivity index (χ2n) is 3.19. The van der Waals surface area contributed by atoms with Crippen LogP contribution in [0, 0.1) is 22.5 Å². The van der Waals surface area contributed by atoms with Crippen LogP contribution in [0.2, 0.25) is 0 Å². The first-order valence-corrected chi connectivity index (χ1v) is 4.48. The summed E-state index contributed by atoms with van der Waals surface area (Å²) in [6, 6.07) is 6.18. The molecule has 78 valence electrons. The van der Waals surface area contributed by atoms with E-state index < -0.39 is 11.0 Å². The van der Waals surface area contributed by atoms with Crippen molar-refractivity contribution in [2.75, 3.05) is 0 Å². The number of nitrogens with zero attached hydrogens (tertiary/aromatic N) is 1. The minimum Gasteiger partial charge on any atom is -0.392 e. The third kappa shape index (κ3) is 3.41. The first kappa shape index (κ1) is 11.2. The summed E-state index contributed by atoms with van der Waals surface area (Å²) in [5, 5.41) is 19.9. The first-order chi connectivity index (χ1) is 7.13. The van der Waals surface area contributed by atoms with E-state index in [9.17, 15) is 15.2 Å². The van der Waals surface area contributed by atoms with E-state index in [1.54, 1.807) is 12.1 Å². The number of rotatable bonds is 4. The van der Waals surface area contributed by atoms with Gasteiger partial charge in [-0.3, -0.25) is 10.1 Å². The zero-order valence-electron chi connectivity index (χ0n) is 8.09. The predicted molar refractivity (Wildman–Crippen MR) is 56.3 cm³/mol. The maximum atomic E-state index is 10.5. The highest BCUT2D eigenvalue weighted by molar-refractivity contribution is 5.34. The molecular formula is C11H11NO3. The van der Waals surface area contributed by atoms with Crippen LogP contribution in [0.4, 0.5) is 5.69 Å². The van der Waals surface area contributed by atoms with Crippen LogP contribution < -0.4 is 0 Å². The molecule has 4 nitrogen and oxygen atoms in total. The first-order valence-electron chi connectivity index (χ1n) is 4.48. The quantitative estimate of drug-likeness (QED) is 0.460. The molecular weight excluding hydrogens is 194 g/mol. The molecule has 0 saturated heterocycles. The lowest BCUT2D eigenvalue weighted by Crippen LogP contribution is -2.09. The smallest absolute Gasteiger partial charge is 0.269 e. The standard InChI is InChI=1S/C11H11NO3/c1-2-4-11(13)8-9-5-3-6-10(7-9)12(14)15/h1,3,5-7,11,13H,4,8H2. The molecule has 1 aromatic rings. The number of non-ortho nitro benzene ring substituents is 1. The molecule has 15 heavy (non-hydrogen) atoms. The van der Waals surface area contributed by atoms with Crippen molar-refractivity contribution in [1.82, 2.24) is 0 Å². The highest BCUT2D eigenvalue weighted by atomic mass is 16.6. The summed E-state index contributed by atoms with van der Waals surface area (Å²) in [5.41, 5.74) is 0.743. The second kappa shape index (κ2) is 5.13. The summed E-state index contributed by atoms with van der Waals surface area (Å²) in [6.07, 6.45) is 4.99. The van der Waals surface area contributed by atoms with E-state index in [-0.39, 0.29) is 12.1 Å². The van der Waals surface area contributed by atoms with Crippen molar-refractivity contribution < 1.29 is 10.0 Å². The summed E-state index contributed by atoms with van der Waals surface area (Å²) in [5.74, 6) is 2.34. The van der Waals surface area contributed by atoms with Gasteiger partial charge in [0.2, 0.25) is 0 Å². The third-order valence-electron chi connectivity index (χ3n) is 1.95. The maximum absolute atomic E-state index is 10.5. The van der Waals surface area contributed by atoms with Crippen molar-refractivity contribution >= 4 is 5.69 Å². The molecule has 0 radical (unpaired) electrons. The van der Waals surface area contributed by atoms with Gasteiger partial charge in [-0.2, -0.15) is 0 Å². The van der Waals surface area contributed by atoms with E-state index in [0.29, 0.717) is 12.0 Å². The minimum atomic E-state index is -0.642. The highest BCUT2D eigenvalue weighted by Gasteiger charge is 2.08. The monoisotopic (exact) mass is 205 g/mol. The van der Waals surface area contributed by atoms with Crippen LogP contribution >= 0.6 is 0 Å². The Morgan fingerprint density at radius 2 is 2.33 bits per heavy atom. The Kier molecular flexibility index (Phi) is 3.83. The molecule has 1 rings (SSSR count). The largest absolute Gasteiger partial charge is 0.392 e. The number of hydrogen-bond donors (Lipinski definition) is 1. The molecule has 0 aliphatic carbocycles. The van der Waals surface area contributed by atoms with Crippen LogP contribution in [0.25, 0.3) is 0 Å². The summed E-state index contributed by atoms with van der Waals surface area (Å²) >= 11 is 0. The fourth-order valence-corrected chi connectivity index (χ4v) is 1.28. The predicted octanol–water partition coefficient (Wildman–Crippen LogP) is 1.52. The summed E-state index contributed by atoms with van der Waals surface area (Å²) in [4.78, 5) is 10.0. The molecule has 0 spiro atoms. The van der Waals surface area contributed by atoms with Crippen molar-refractivity contribution in [3.63, 3.8) is 0 Å². The third-order valence-corrected chi connectivity index (χ3v) is 1.95. The average molecular weight is 205 g/mol. The zero-order valence-corrected chi connectivity index (χ0v) is 8.09. The van der Waals surface area contributed by atoms with E-state index >= 15 is 0 Å². The fourth-order valence-electron chi connectivity index (χ4n) is 1.28. The molecule has 0 heterocycles. The van der Waals surface area contributed by atoms with Crippen molar-refractivity contribution in [3.8, 4) is 12.3 Å². The maximum Gasteiger partial charge on any atom is 0.269 e. The Labute approximate surface area is 87.7 Å². The van der Waals surface area contributed by atoms with E-state index in [0.717, 1.165) is 0 Å². The van der Waals surface area contributed by atoms with Gasteiger partial charge in [-0.05, 0) is 12.0 Å². The number of nitro benzene ring substituents is 1. The molecule has 1 atom stereocenters. The van der Waals surface area contributed by atoms with Crippen molar-refractivity contribution in [3.05, 3.63) is 39.9 Å². The Morgan fingerprint density at radius 1 is 1.60 bits per heavy atom. The zero-order chi connectivity index (χ0) is 11.3. The molecule has 1 unspecified atom stereocenters. The Morgan fingerprint density at radius 3 is 2.93 bits per heavy atom. The van der Waals surface area contributed by atoms with Gasteiger partial charge in [0, 0.05) is 18.6 Å². The van der Waals surface area contributed by atoms with Gasteiger partial charge in [0.1, 0.15) is 0 Å². The van der Waals surface area contributed by atoms with Crippen molar-refractivity contribution in [1.29, 1.82) is 0 Å². The highest BCUT2D eigenvalue weighted by Crippen LogP contribution is 2.14. The summed E-state index contributed by atoms with van der Waals surface area (Å²) in [6.45, 7) is 0. The van der Waals surface area contributed by atoms with Crippen LogP contribution in [0.3, 0.4) is 0 Å². The van der Waals surface area contributed by atoms with E-state index in [1.165, 1.54) is 12.1 Å². The molecule has 4 heteroatoms. The minimum absolute atomic E-state index is 0.0282. The lowest BCUT2D eigenvalue weighted by molar-refractivity contribution is -0.384. The van der Waals surface area contributed by atoms with Crippen LogP contribution in [0.5, 0.6) is 0 Å². The molecule has 0 aliphatic rings. The van der Waals surface area contributed by atoms with E-state index in [2.05, 4.69) is 5.92 Å². The molecule has 1 aromatic carbocycles. The van der Waals surface area contributed by atoms with Crippen LogP contribution in [0.15, 0.2) is 24.3 Å². The van der Waals surface area contributed by atoms with Crippen molar-refractivity contribution in [2.24, 2.45) is 0 Å². The van der Waals surface area contributed by atoms with Gasteiger partial charge in [-0.1, -0.05) is 12.1 Å². The van der Waals surface area contributed by atoms with Crippen LogP contribution in [-0.2, 0) is 6.42 Å². The molecule has 0 amide bonds. The molecule has 0 aliphatic heterocycles. The normalized spacial score (nSPS) is 11.7. The van der Waals surface area contributed by atoms with Crippen LogP contribution in [-0.4, -0.2) is 16.1 Å². The lowest BCUT2D eigenvalue weighted by atomic mass is 10.1. The molecule has 0 fully saturated rings. The lowest BCUT2D eigenvalue weighted by Gasteiger charge is -2.06. The molecule has 0 bridgehead atoms. The SMILES string of the molecule is C#CCC(O)Cc1cccc([N+](=O)[O-])c1. The number of aliphatic hydroxyl groups excluding tert-OH is 1. The van der Waals surface area contributed by atoms with Gasteiger partial charge in [0.05, 0.1) is 11.0 Å². The van der Waals surface area contributed by atoms with Gasteiger partial charge in [0.15, 0.2) is 0 Å². The Balaban J connectivity index is 2.74. The summed E-state index contributed by atoms with van der Waals surface area (Å²) < 4.78 is 0. The summed E-state index contributed by atoms with van der Waals surface area (Å²) in [7, 11) is 0.